The molecule has 148 valence electrons. The van der Waals surface area contributed by atoms with E-state index in [0.717, 1.165) is 32.0 Å². The first-order chi connectivity index (χ1) is 13.4. The van der Waals surface area contributed by atoms with Crippen molar-refractivity contribution in [2.24, 2.45) is 0 Å². The molecular formula is C19H22ClN5O3. The van der Waals surface area contributed by atoms with Crippen LogP contribution in [0.2, 0.25) is 5.02 Å². The van der Waals surface area contributed by atoms with Gasteiger partial charge in [0.05, 0.1) is 4.92 Å². The molecule has 1 amide bonds. The zero-order valence-electron chi connectivity index (χ0n) is 15.5. The molecule has 1 N–H and O–H groups in total. The van der Waals surface area contributed by atoms with Gasteiger partial charge in [-0.2, -0.15) is 0 Å². The molecule has 28 heavy (non-hydrogen) atoms. The van der Waals surface area contributed by atoms with Gasteiger partial charge in [0.25, 0.3) is 11.6 Å². The number of hydrogen-bond acceptors (Lipinski definition) is 6. The quantitative estimate of drug-likeness (QED) is 0.588. The predicted molar refractivity (Wildman–Crippen MR) is 108 cm³/mol. The summed E-state index contributed by atoms with van der Waals surface area (Å²) >= 11 is 5.80. The van der Waals surface area contributed by atoms with E-state index < -0.39 is 10.8 Å². The van der Waals surface area contributed by atoms with E-state index in [1.807, 2.05) is 25.1 Å². The lowest BCUT2D eigenvalue weighted by atomic mass is 10.1. The number of hydrogen-bond donors (Lipinski definition) is 1. The lowest BCUT2D eigenvalue weighted by Gasteiger charge is -2.36. The van der Waals surface area contributed by atoms with Gasteiger partial charge in [0.1, 0.15) is 11.4 Å². The number of piperazine rings is 1. The number of benzene rings is 1. The van der Waals surface area contributed by atoms with Gasteiger partial charge in [0, 0.05) is 56.1 Å². The van der Waals surface area contributed by atoms with Crippen LogP contribution in [0.5, 0.6) is 0 Å². The number of aromatic nitrogens is 1. The van der Waals surface area contributed by atoms with Crippen LogP contribution in [0.15, 0.2) is 42.6 Å². The molecule has 1 unspecified atom stereocenters. The van der Waals surface area contributed by atoms with Gasteiger partial charge in [0.15, 0.2) is 0 Å². The number of halogens is 1. The highest BCUT2D eigenvalue weighted by Crippen LogP contribution is 2.23. The third-order valence-corrected chi connectivity index (χ3v) is 4.89. The van der Waals surface area contributed by atoms with Crippen molar-refractivity contribution in [1.82, 2.24) is 15.2 Å². The van der Waals surface area contributed by atoms with Crippen LogP contribution >= 0.6 is 11.6 Å². The minimum absolute atomic E-state index is 0.0150. The van der Waals surface area contributed by atoms with Gasteiger partial charge in [-0.15, -0.1) is 0 Å². The maximum Gasteiger partial charge on any atom is 0.283 e. The van der Waals surface area contributed by atoms with E-state index in [4.69, 9.17) is 11.6 Å². The number of pyridine rings is 1. The number of nitro benzene ring substituents is 1. The van der Waals surface area contributed by atoms with E-state index in [9.17, 15) is 14.9 Å². The average Bonchev–Trinajstić information content (AvgIpc) is 2.69. The topological polar surface area (TPSA) is 91.6 Å². The summed E-state index contributed by atoms with van der Waals surface area (Å²) in [5, 5.41) is 14.2. The Balaban J connectivity index is 1.53. The number of nitro groups is 1. The second-order valence-corrected chi connectivity index (χ2v) is 7.21. The molecular weight excluding hydrogens is 382 g/mol. The normalized spacial score (nSPS) is 15.9. The van der Waals surface area contributed by atoms with Crippen molar-refractivity contribution in [2.75, 3.05) is 37.6 Å². The highest BCUT2D eigenvalue weighted by Gasteiger charge is 2.24. The summed E-state index contributed by atoms with van der Waals surface area (Å²) in [4.78, 5) is 31.9. The van der Waals surface area contributed by atoms with Gasteiger partial charge < -0.3 is 10.2 Å². The zero-order valence-corrected chi connectivity index (χ0v) is 16.3. The number of amides is 1. The molecule has 0 aliphatic carbocycles. The van der Waals surface area contributed by atoms with Crippen LogP contribution in [0.25, 0.3) is 0 Å². The molecule has 3 rings (SSSR count). The molecule has 2 aromatic rings. The molecule has 2 heterocycles. The summed E-state index contributed by atoms with van der Waals surface area (Å²) in [5.74, 6) is 0.501. The largest absolute Gasteiger partial charge is 0.354 e. The molecule has 1 saturated heterocycles. The van der Waals surface area contributed by atoms with Crippen LogP contribution in [0.1, 0.15) is 17.3 Å². The standard InChI is InChI=1S/C19H22ClN5O3/c1-14(22-19(26)16-6-5-15(20)12-17(16)25(27)28)13-23-8-10-24(11-9-23)18-4-2-3-7-21-18/h2-7,12,14H,8-11,13H2,1H3,(H,22,26). The second-order valence-electron chi connectivity index (χ2n) is 6.77. The van der Waals surface area contributed by atoms with E-state index in [0.29, 0.717) is 6.54 Å². The molecule has 0 radical (unpaired) electrons. The van der Waals surface area contributed by atoms with Crippen LogP contribution < -0.4 is 10.2 Å². The Morgan fingerprint density at radius 2 is 2.04 bits per heavy atom. The Morgan fingerprint density at radius 1 is 1.29 bits per heavy atom. The van der Waals surface area contributed by atoms with Gasteiger partial charge in [-0.25, -0.2) is 4.98 Å². The predicted octanol–water partition coefficient (Wildman–Crippen LogP) is 2.58. The van der Waals surface area contributed by atoms with Crippen LogP contribution in [0.4, 0.5) is 11.5 Å². The zero-order chi connectivity index (χ0) is 20.1. The maximum absolute atomic E-state index is 12.5. The smallest absolute Gasteiger partial charge is 0.283 e. The van der Waals surface area contributed by atoms with E-state index in [1.165, 1.54) is 18.2 Å². The molecule has 0 bridgehead atoms. The van der Waals surface area contributed by atoms with Crippen LogP contribution in [-0.4, -0.2) is 59.5 Å². The second kappa shape index (κ2) is 8.99. The number of carbonyl (C=O) groups is 1. The van der Waals surface area contributed by atoms with Crippen molar-refractivity contribution in [3.63, 3.8) is 0 Å². The Labute approximate surface area is 168 Å². The molecule has 1 atom stereocenters. The fourth-order valence-electron chi connectivity index (χ4n) is 3.28. The molecule has 1 aliphatic heterocycles. The van der Waals surface area contributed by atoms with Gasteiger partial charge in [0.2, 0.25) is 0 Å². The summed E-state index contributed by atoms with van der Waals surface area (Å²) in [5.41, 5.74) is -0.276. The minimum atomic E-state index is -0.595. The van der Waals surface area contributed by atoms with Crippen molar-refractivity contribution in [3.05, 3.63) is 63.3 Å². The number of rotatable bonds is 6. The SMILES string of the molecule is CC(CN1CCN(c2ccccn2)CC1)NC(=O)c1ccc(Cl)cc1[N+](=O)[O-]. The molecule has 1 aliphatic rings. The molecule has 1 fully saturated rings. The number of nitrogens with one attached hydrogen (secondary N) is 1. The van der Waals surface area contributed by atoms with Crippen molar-refractivity contribution in [1.29, 1.82) is 0 Å². The van der Waals surface area contributed by atoms with E-state index in [1.54, 1.807) is 6.20 Å². The minimum Gasteiger partial charge on any atom is -0.354 e. The summed E-state index contributed by atoms with van der Waals surface area (Å²) in [7, 11) is 0. The monoisotopic (exact) mass is 403 g/mol. The first-order valence-corrected chi connectivity index (χ1v) is 9.45. The van der Waals surface area contributed by atoms with Crippen LogP contribution in [-0.2, 0) is 0 Å². The summed E-state index contributed by atoms with van der Waals surface area (Å²) < 4.78 is 0. The third kappa shape index (κ3) is 4.96. The first-order valence-electron chi connectivity index (χ1n) is 9.07. The van der Waals surface area contributed by atoms with Gasteiger partial charge in [-0.3, -0.25) is 19.8 Å². The number of anilines is 1. The first kappa shape index (κ1) is 20.0. The van der Waals surface area contributed by atoms with Crippen molar-refractivity contribution in [2.45, 2.75) is 13.0 Å². The van der Waals surface area contributed by atoms with Crippen LogP contribution in [0.3, 0.4) is 0 Å². The molecule has 1 aromatic carbocycles. The third-order valence-electron chi connectivity index (χ3n) is 4.66. The maximum atomic E-state index is 12.5. The number of carbonyl (C=O) groups excluding carboxylic acids is 1. The molecule has 1 aromatic heterocycles. The lowest BCUT2D eigenvalue weighted by Crippen LogP contribution is -2.51. The van der Waals surface area contributed by atoms with Crippen LogP contribution in [0, 0.1) is 10.1 Å². The summed E-state index contributed by atoms with van der Waals surface area (Å²) in [6, 6.07) is 9.77. The highest BCUT2D eigenvalue weighted by atomic mass is 35.5. The van der Waals surface area contributed by atoms with E-state index in [2.05, 4.69) is 20.1 Å². The van der Waals surface area contributed by atoms with Gasteiger partial charge in [-0.1, -0.05) is 17.7 Å². The summed E-state index contributed by atoms with van der Waals surface area (Å²) in [6.07, 6.45) is 1.79. The fourth-order valence-corrected chi connectivity index (χ4v) is 3.45. The molecule has 9 heteroatoms. The van der Waals surface area contributed by atoms with Crippen molar-refractivity contribution < 1.29 is 9.72 Å². The molecule has 8 nitrogen and oxygen atoms in total. The Morgan fingerprint density at radius 3 is 2.68 bits per heavy atom. The van der Waals surface area contributed by atoms with Gasteiger partial charge in [-0.05, 0) is 31.2 Å². The average molecular weight is 404 g/mol. The Kier molecular flexibility index (Phi) is 6.43. The summed E-state index contributed by atoms with van der Waals surface area (Å²) in [6.45, 7) is 6.00. The lowest BCUT2D eigenvalue weighted by molar-refractivity contribution is -0.385. The number of nitrogens with zero attached hydrogens (tertiary/aromatic N) is 4. The Bertz CT molecular complexity index is 841. The fraction of sp³-hybridized carbons (Fsp3) is 0.368. The molecule has 0 saturated carbocycles. The Hall–Kier alpha value is -2.71. The molecule has 0 spiro atoms. The highest BCUT2D eigenvalue weighted by molar-refractivity contribution is 6.31. The van der Waals surface area contributed by atoms with E-state index >= 15 is 0 Å². The van der Waals surface area contributed by atoms with E-state index in [-0.39, 0.29) is 22.3 Å². The van der Waals surface area contributed by atoms with Crippen molar-refractivity contribution >= 4 is 29.0 Å². The van der Waals surface area contributed by atoms with Gasteiger partial charge >= 0.3 is 0 Å². The van der Waals surface area contributed by atoms with Crippen molar-refractivity contribution in [3.8, 4) is 0 Å².